The Hall–Kier alpha value is -2.75. The van der Waals surface area contributed by atoms with Gasteiger partial charge < -0.3 is 14.8 Å². The number of methoxy groups -OCH3 is 2. The van der Waals surface area contributed by atoms with E-state index in [0.717, 1.165) is 40.9 Å². The normalized spacial score (nSPS) is 18.5. The third kappa shape index (κ3) is 2.89. The maximum Gasteiger partial charge on any atom is 0.162 e. The first kappa shape index (κ1) is 17.7. The highest BCUT2D eigenvalue weighted by Gasteiger charge is 2.36. The number of fused-ring (bicyclic) bond motifs is 1. The third-order valence-corrected chi connectivity index (χ3v) is 5.76. The largest absolute Gasteiger partial charge is 0.493 e. The van der Waals surface area contributed by atoms with Crippen molar-refractivity contribution in [3.05, 3.63) is 63.9 Å². The minimum absolute atomic E-state index is 0.0804. The van der Waals surface area contributed by atoms with Gasteiger partial charge in [0.25, 0.3) is 0 Å². The monoisotopic (exact) mass is 363 g/mol. The van der Waals surface area contributed by atoms with Gasteiger partial charge in [0, 0.05) is 35.4 Å². The number of ether oxygens (including phenoxy) is 2. The van der Waals surface area contributed by atoms with Crippen molar-refractivity contribution in [1.29, 1.82) is 0 Å². The van der Waals surface area contributed by atoms with Crippen LogP contribution in [0.3, 0.4) is 0 Å². The fourth-order valence-corrected chi connectivity index (χ4v) is 4.18. The maximum absolute atomic E-state index is 12.9. The Morgan fingerprint density at radius 2 is 1.70 bits per heavy atom. The fourth-order valence-electron chi connectivity index (χ4n) is 4.18. The number of rotatable bonds is 3. The summed E-state index contributed by atoms with van der Waals surface area (Å²) in [4.78, 5) is 12.9. The first-order valence-corrected chi connectivity index (χ1v) is 9.39. The third-order valence-electron chi connectivity index (χ3n) is 5.76. The molecule has 1 aliphatic carbocycles. The number of hydrogen-bond donors (Lipinski definition) is 1. The number of hydrogen-bond acceptors (Lipinski definition) is 4. The molecular formula is C23H25NO3. The van der Waals surface area contributed by atoms with Crippen LogP contribution in [0.15, 0.2) is 41.6 Å². The molecule has 1 aliphatic heterocycles. The molecule has 0 amide bonds. The molecule has 0 saturated heterocycles. The van der Waals surface area contributed by atoms with Gasteiger partial charge in [-0.05, 0) is 55.0 Å². The molecule has 1 N–H and O–H groups in total. The van der Waals surface area contributed by atoms with Gasteiger partial charge in [-0.1, -0.05) is 18.2 Å². The van der Waals surface area contributed by atoms with Gasteiger partial charge in [-0.2, -0.15) is 0 Å². The lowest BCUT2D eigenvalue weighted by Crippen LogP contribution is -2.27. The lowest BCUT2D eigenvalue weighted by molar-refractivity contribution is -0.116. The minimum atomic E-state index is -0.0804. The predicted octanol–water partition coefficient (Wildman–Crippen LogP) is 4.89. The van der Waals surface area contributed by atoms with Crippen molar-refractivity contribution >= 4 is 11.5 Å². The van der Waals surface area contributed by atoms with E-state index in [1.54, 1.807) is 14.2 Å². The molecule has 1 unspecified atom stereocenters. The molecule has 2 aromatic carbocycles. The van der Waals surface area contributed by atoms with Crippen LogP contribution in [0.5, 0.6) is 11.5 Å². The lowest BCUT2D eigenvalue weighted by atomic mass is 9.75. The Morgan fingerprint density at radius 1 is 0.963 bits per heavy atom. The average Bonchev–Trinajstić information content (AvgIpc) is 2.67. The zero-order valence-electron chi connectivity index (χ0n) is 16.3. The molecule has 4 rings (SSSR count). The van der Waals surface area contributed by atoms with Crippen molar-refractivity contribution in [3.63, 3.8) is 0 Å². The van der Waals surface area contributed by atoms with E-state index in [0.29, 0.717) is 17.9 Å². The molecule has 2 aliphatic rings. The summed E-state index contributed by atoms with van der Waals surface area (Å²) in [5.74, 6) is 1.53. The van der Waals surface area contributed by atoms with E-state index in [4.69, 9.17) is 9.47 Å². The van der Waals surface area contributed by atoms with Crippen molar-refractivity contribution in [3.8, 4) is 11.5 Å². The number of aryl methyl sites for hydroxylation is 2. The molecule has 4 nitrogen and oxygen atoms in total. The SMILES string of the molecule is COc1cc2c(cc1OC)C(c1ccc(C)c(C)c1)C1=C(CCCC1=O)N2. The van der Waals surface area contributed by atoms with Crippen LogP contribution in [0.4, 0.5) is 5.69 Å². The topological polar surface area (TPSA) is 47.6 Å². The van der Waals surface area contributed by atoms with E-state index in [1.807, 2.05) is 12.1 Å². The highest BCUT2D eigenvalue weighted by atomic mass is 16.5. The molecule has 4 heteroatoms. The minimum Gasteiger partial charge on any atom is -0.493 e. The van der Waals surface area contributed by atoms with E-state index in [2.05, 4.69) is 37.4 Å². The highest BCUT2D eigenvalue weighted by molar-refractivity contribution is 6.01. The Kier molecular flexibility index (Phi) is 4.42. The van der Waals surface area contributed by atoms with Gasteiger partial charge in [0.05, 0.1) is 14.2 Å². The van der Waals surface area contributed by atoms with Crippen LogP contribution in [-0.2, 0) is 4.79 Å². The average molecular weight is 363 g/mol. The zero-order valence-corrected chi connectivity index (χ0v) is 16.3. The number of carbonyl (C=O) groups is 1. The second-order valence-electron chi connectivity index (χ2n) is 7.37. The van der Waals surface area contributed by atoms with E-state index >= 15 is 0 Å². The molecule has 1 atom stereocenters. The van der Waals surface area contributed by atoms with Gasteiger partial charge in [0.1, 0.15) is 0 Å². The van der Waals surface area contributed by atoms with E-state index < -0.39 is 0 Å². The summed E-state index contributed by atoms with van der Waals surface area (Å²) in [6.07, 6.45) is 2.41. The summed E-state index contributed by atoms with van der Waals surface area (Å²) < 4.78 is 11.0. The van der Waals surface area contributed by atoms with Gasteiger partial charge in [0.15, 0.2) is 17.3 Å². The number of nitrogens with one attached hydrogen (secondary N) is 1. The van der Waals surface area contributed by atoms with Crippen LogP contribution in [-0.4, -0.2) is 20.0 Å². The van der Waals surface area contributed by atoms with Crippen molar-refractivity contribution in [1.82, 2.24) is 0 Å². The van der Waals surface area contributed by atoms with Crippen LogP contribution < -0.4 is 14.8 Å². The highest BCUT2D eigenvalue weighted by Crippen LogP contribution is 2.48. The first-order valence-electron chi connectivity index (χ1n) is 9.39. The first-order chi connectivity index (χ1) is 13.0. The molecule has 140 valence electrons. The van der Waals surface area contributed by atoms with Crippen LogP contribution in [0.1, 0.15) is 47.4 Å². The fraction of sp³-hybridized carbons (Fsp3) is 0.348. The maximum atomic E-state index is 12.9. The van der Waals surface area contributed by atoms with E-state index in [-0.39, 0.29) is 11.7 Å². The van der Waals surface area contributed by atoms with Gasteiger partial charge in [0.2, 0.25) is 0 Å². The molecular weight excluding hydrogens is 338 g/mol. The number of allylic oxidation sites excluding steroid dienone is 2. The molecule has 0 spiro atoms. The van der Waals surface area contributed by atoms with E-state index in [1.165, 1.54) is 11.1 Å². The molecule has 1 heterocycles. The Labute approximate surface area is 160 Å². The molecule has 2 aromatic rings. The summed E-state index contributed by atoms with van der Waals surface area (Å²) in [5, 5.41) is 3.50. The molecule has 0 aromatic heterocycles. The summed E-state index contributed by atoms with van der Waals surface area (Å²) in [5.41, 5.74) is 7.64. The molecule has 0 saturated carbocycles. The Bertz CT molecular complexity index is 958. The van der Waals surface area contributed by atoms with Crippen LogP contribution in [0.2, 0.25) is 0 Å². The summed E-state index contributed by atoms with van der Waals surface area (Å²) in [7, 11) is 3.28. The second kappa shape index (κ2) is 6.76. The Morgan fingerprint density at radius 3 is 2.41 bits per heavy atom. The second-order valence-corrected chi connectivity index (χ2v) is 7.37. The van der Waals surface area contributed by atoms with Crippen molar-refractivity contribution in [2.24, 2.45) is 0 Å². The number of carbonyl (C=O) groups excluding carboxylic acids is 1. The zero-order chi connectivity index (χ0) is 19.1. The standard InChI is InChI=1S/C23H25NO3/c1-13-8-9-15(10-14(13)2)22-16-11-20(26-3)21(27-4)12-18(16)24-17-6-5-7-19(25)23(17)22/h8-12,22,24H,5-7H2,1-4H3. The van der Waals surface area contributed by atoms with Crippen molar-refractivity contribution < 1.29 is 14.3 Å². The summed E-state index contributed by atoms with van der Waals surface area (Å²) in [6.45, 7) is 4.23. The number of anilines is 1. The quantitative estimate of drug-likeness (QED) is 0.844. The molecule has 27 heavy (non-hydrogen) atoms. The Balaban J connectivity index is 1.96. The number of benzene rings is 2. The lowest BCUT2D eigenvalue weighted by Gasteiger charge is -2.34. The summed E-state index contributed by atoms with van der Waals surface area (Å²) >= 11 is 0. The van der Waals surface area contributed by atoms with Gasteiger partial charge >= 0.3 is 0 Å². The molecule has 0 radical (unpaired) electrons. The van der Waals surface area contributed by atoms with E-state index in [9.17, 15) is 4.79 Å². The van der Waals surface area contributed by atoms with Crippen LogP contribution in [0, 0.1) is 13.8 Å². The van der Waals surface area contributed by atoms with Crippen molar-refractivity contribution in [2.75, 3.05) is 19.5 Å². The number of ketones is 1. The molecule has 0 bridgehead atoms. The summed E-state index contributed by atoms with van der Waals surface area (Å²) in [6, 6.07) is 10.5. The van der Waals surface area contributed by atoms with Gasteiger partial charge in [-0.25, -0.2) is 0 Å². The van der Waals surface area contributed by atoms with Crippen molar-refractivity contribution in [2.45, 2.75) is 39.0 Å². The number of Topliss-reactive ketones (excluding diaryl/α,β-unsaturated/α-hetero) is 1. The molecule has 0 fully saturated rings. The smallest absolute Gasteiger partial charge is 0.162 e. The van der Waals surface area contributed by atoms with Crippen LogP contribution >= 0.6 is 0 Å². The predicted molar refractivity (Wildman–Crippen MR) is 107 cm³/mol. The van der Waals surface area contributed by atoms with Gasteiger partial charge in [-0.3, -0.25) is 4.79 Å². The van der Waals surface area contributed by atoms with Crippen LogP contribution in [0.25, 0.3) is 0 Å². The van der Waals surface area contributed by atoms with Gasteiger partial charge in [-0.15, -0.1) is 0 Å².